The maximum absolute atomic E-state index is 12.7. The van der Waals surface area contributed by atoms with E-state index in [0.717, 1.165) is 38.3 Å². The molecule has 0 aliphatic carbocycles. The van der Waals surface area contributed by atoms with Gasteiger partial charge < -0.3 is 19.6 Å². The van der Waals surface area contributed by atoms with Crippen LogP contribution in [0, 0.1) is 0 Å². The van der Waals surface area contributed by atoms with Crippen molar-refractivity contribution in [1.29, 1.82) is 0 Å². The van der Waals surface area contributed by atoms with Gasteiger partial charge in [0.1, 0.15) is 12.6 Å². The van der Waals surface area contributed by atoms with Gasteiger partial charge in [-0.2, -0.15) is 0 Å². The Kier molecular flexibility index (Phi) is 5.59. The van der Waals surface area contributed by atoms with Gasteiger partial charge in [0.15, 0.2) is 0 Å². The zero-order valence-corrected chi connectivity index (χ0v) is 17.0. The van der Waals surface area contributed by atoms with Crippen molar-refractivity contribution in [3.05, 3.63) is 35.4 Å². The van der Waals surface area contributed by atoms with E-state index >= 15 is 0 Å². The molecule has 3 amide bonds. The van der Waals surface area contributed by atoms with Crippen LogP contribution in [-0.4, -0.2) is 94.3 Å². The van der Waals surface area contributed by atoms with Gasteiger partial charge in [-0.3, -0.25) is 14.4 Å². The van der Waals surface area contributed by atoms with Crippen LogP contribution in [0.25, 0.3) is 0 Å². The molecule has 1 aromatic carbocycles. The number of fused-ring (bicyclic) bond motifs is 1. The van der Waals surface area contributed by atoms with E-state index in [4.69, 9.17) is 0 Å². The van der Waals surface area contributed by atoms with Gasteiger partial charge in [0.25, 0.3) is 5.91 Å². The number of hydrogen-bond donors (Lipinski definition) is 0. The fourth-order valence-electron chi connectivity index (χ4n) is 3.99. The molecule has 3 fully saturated rings. The number of piperazine rings is 2. The second kappa shape index (κ2) is 8.13. The van der Waals surface area contributed by atoms with Crippen molar-refractivity contribution >= 4 is 29.5 Å². The Bertz CT molecular complexity index is 761. The molecule has 1 atom stereocenters. The van der Waals surface area contributed by atoms with Crippen LogP contribution >= 0.6 is 11.8 Å². The summed E-state index contributed by atoms with van der Waals surface area (Å²) in [4.78, 5) is 45.2. The van der Waals surface area contributed by atoms with Crippen molar-refractivity contribution in [2.75, 3.05) is 50.9 Å². The Morgan fingerprint density at radius 2 is 1.82 bits per heavy atom. The Morgan fingerprint density at radius 1 is 1.11 bits per heavy atom. The van der Waals surface area contributed by atoms with Gasteiger partial charge in [0.05, 0.1) is 5.88 Å². The van der Waals surface area contributed by atoms with Crippen molar-refractivity contribution in [3.63, 3.8) is 0 Å². The lowest BCUT2D eigenvalue weighted by atomic mass is 10.1. The molecule has 4 rings (SSSR count). The van der Waals surface area contributed by atoms with Crippen molar-refractivity contribution in [3.8, 4) is 0 Å². The molecular formula is C20H26N4O3S. The average molecular weight is 403 g/mol. The standard InChI is InChI=1S/C20H26N4O3S/c1-2-21-7-9-22(10-8-21)19(26)16-5-3-15(4-6-16)11-23-12-18(25)24-14-28-13-17(24)20(23)27/h3-6,17H,2,7-14H2,1H3/t17-/m1/s1. The maximum Gasteiger partial charge on any atom is 0.253 e. The number of amides is 3. The third kappa shape index (κ3) is 3.75. The lowest BCUT2D eigenvalue weighted by Crippen LogP contribution is -2.57. The van der Waals surface area contributed by atoms with E-state index in [2.05, 4.69) is 11.8 Å². The average Bonchev–Trinajstić information content (AvgIpc) is 3.23. The van der Waals surface area contributed by atoms with Crippen molar-refractivity contribution < 1.29 is 14.4 Å². The fourth-order valence-corrected chi connectivity index (χ4v) is 5.16. The van der Waals surface area contributed by atoms with Gasteiger partial charge in [0.2, 0.25) is 11.8 Å². The summed E-state index contributed by atoms with van der Waals surface area (Å²) in [5.74, 6) is 1.41. The van der Waals surface area contributed by atoms with Crippen LogP contribution in [0.3, 0.4) is 0 Å². The first kappa shape index (κ1) is 19.3. The molecule has 0 spiro atoms. The third-order valence-electron chi connectivity index (χ3n) is 5.81. The van der Waals surface area contributed by atoms with E-state index in [1.54, 1.807) is 21.6 Å². The highest BCUT2D eigenvalue weighted by molar-refractivity contribution is 7.99. The second-order valence-electron chi connectivity index (χ2n) is 7.50. The van der Waals surface area contributed by atoms with E-state index in [0.29, 0.717) is 23.7 Å². The Labute approximate surface area is 169 Å². The molecule has 8 heteroatoms. The first-order chi connectivity index (χ1) is 13.6. The van der Waals surface area contributed by atoms with E-state index < -0.39 is 0 Å². The van der Waals surface area contributed by atoms with Crippen LogP contribution < -0.4 is 0 Å². The van der Waals surface area contributed by atoms with Gasteiger partial charge in [-0.25, -0.2) is 0 Å². The quantitative estimate of drug-likeness (QED) is 0.742. The SMILES string of the molecule is CCN1CCN(C(=O)c2ccc(CN3CC(=O)N4CSC[C@@H]4C3=O)cc2)CC1. The molecule has 0 saturated carbocycles. The van der Waals surface area contributed by atoms with Crippen molar-refractivity contribution in [2.24, 2.45) is 0 Å². The van der Waals surface area contributed by atoms with E-state index in [9.17, 15) is 14.4 Å². The smallest absolute Gasteiger partial charge is 0.253 e. The number of likely N-dealkylation sites (N-methyl/N-ethyl adjacent to an activating group) is 1. The molecule has 0 radical (unpaired) electrons. The molecule has 3 aliphatic rings. The Hall–Kier alpha value is -2.06. The number of nitrogens with zero attached hydrogens (tertiary/aromatic N) is 4. The fraction of sp³-hybridized carbons (Fsp3) is 0.550. The highest BCUT2D eigenvalue weighted by atomic mass is 32.2. The van der Waals surface area contributed by atoms with Gasteiger partial charge in [-0.15, -0.1) is 11.8 Å². The van der Waals surface area contributed by atoms with E-state index in [1.807, 2.05) is 29.2 Å². The molecule has 0 bridgehead atoms. The van der Waals surface area contributed by atoms with Crippen LogP contribution in [0.1, 0.15) is 22.8 Å². The molecule has 3 saturated heterocycles. The molecule has 3 aliphatic heterocycles. The summed E-state index contributed by atoms with van der Waals surface area (Å²) in [5, 5.41) is 0. The Balaban J connectivity index is 1.38. The summed E-state index contributed by atoms with van der Waals surface area (Å²) in [6.45, 7) is 7.06. The van der Waals surface area contributed by atoms with Crippen LogP contribution in [-0.2, 0) is 16.1 Å². The van der Waals surface area contributed by atoms with Gasteiger partial charge >= 0.3 is 0 Å². The predicted molar refractivity (Wildman–Crippen MR) is 108 cm³/mol. The summed E-state index contributed by atoms with van der Waals surface area (Å²) in [7, 11) is 0. The minimum atomic E-state index is -0.311. The number of thioether (sulfide) groups is 1. The zero-order valence-electron chi connectivity index (χ0n) is 16.2. The Morgan fingerprint density at radius 3 is 2.50 bits per heavy atom. The minimum Gasteiger partial charge on any atom is -0.336 e. The molecule has 150 valence electrons. The largest absolute Gasteiger partial charge is 0.336 e. The molecular weight excluding hydrogens is 376 g/mol. The lowest BCUT2D eigenvalue weighted by molar-refractivity contribution is -0.153. The normalized spacial score (nSPS) is 23.3. The molecule has 3 heterocycles. The molecule has 0 unspecified atom stereocenters. The van der Waals surface area contributed by atoms with Crippen LogP contribution in [0.2, 0.25) is 0 Å². The molecule has 0 aromatic heterocycles. The maximum atomic E-state index is 12.7. The molecule has 7 nitrogen and oxygen atoms in total. The summed E-state index contributed by atoms with van der Waals surface area (Å²) < 4.78 is 0. The van der Waals surface area contributed by atoms with Crippen LogP contribution in [0.5, 0.6) is 0 Å². The number of carbonyl (C=O) groups is 3. The highest BCUT2D eigenvalue weighted by Gasteiger charge is 2.42. The van der Waals surface area contributed by atoms with Crippen molar-refractivity contribution in [2.45, 2.75) is 19.5 Å². The number of rotatable bonds is 4. The second-order valence-corrected chi connectivity index (χ2v) is 8.50. The summed E-state index contributed by atoms with van der Waals surface area (Å²) in [6, 6.07) is 7.13. The summed E-state index contributed by atoms with van der Waals surface area (Å²) in [6.07, 6.45) is 0. The van der Waals surface area contributed by atoms with Gasteiger partial charge in [0, 0.05) is 44.0 Å². The number of carbonyl (C=O) groups excluding carboxylic acids is 3. The molecule has 1 aromatic rings. The van der Waals surface area contributed by atoms with Gasteiger partial charge in [-0.1, -0.05) is 19.1 Å². The third-order valence-corrected chi connectivity index (χ3v) is 6.82. The number of hydrogen-bond acceptors (Lipinski definition) is 5. The van der Waals surface area contributed by atoms with E-state index in [1.165, 1.54) is 0 Å². The molecule has 28 heavy (non-hydrogen) atoms. The predicted octanol–water partition coefficient (Wildman–Crippen LogP) is 0.708. The first-order valence-corrected chi connectivity index (χ1v) is 11.0. The lowest BCUT2D eigenvalue weighted by Gasteiger charge is -2.36. The monoisotopic (exact) mass is 402 g/mol. The minimum absolute atomic E-state index is 0.0209. The number of benzene rings is 1. The van der Waals surface area contributed by atoms with Gasteiger partial charge in [-0.05, 0) is 24.2 Å². The summed E-state index contributed by atoms with van der Waals surface area (Å²) in [5.41, 5.74) is 1.61. The highest BCUT2D eigenvalue weighted by Crippen LogP contribution is 2.26. The first-order valence-electron chi connectivity index (χ1n) is 9.83. The van der Waals surface area contributed by atoms with Crippen LogP contribution in [0.15, 0.2) is 24.3 Å². The zero-order chi connectivity index (χ0) is 19.7. The molecule has 0 N–H and O–H groups in total. The topological polar surface area (TPSA) is 64.2 Å². The summed E-state index contributed by atoms with van der Waals surface area (Å²) >= 11 is 1.63. The van der Waals surface area contributed by atoms with Crippen molar-refractivity contribution in [1.82, 2.24) is 19.6 Å². The van der Waals surface area contributed by atoms with E-state index in [-0.39, 0.29) is 30.3 Å². The van der Waals surface area contributed by atoms with Crippen LogP contribution in [0.4, 0.5) is 0 Å².